The summed E-state index contributed by atoms with van der Waals surface area (Å²) in [6.07, 6.45) is -1.31. The Bertz CT molecular complexity index is 389. The van der Waals surface area contributed by atoms with Gasteiger partial charge in [-0.15, -0.1) is 0 Å². The normalized spacial score (nSPS) is 20.1. The van der Waals surface area contributed by atoms with Crippen molar-refractivity contribution in [1.29, 1.82) is 0 Å². The number of halogens is 3. The molecule has 1 fully saturated rings. The van der Waals surface area contributed by atoms with Crippen LogP contribution in [0.2, 0.25) is 0 Å². The topological polar surface area (TPSA) is 34.1 Å². The third-order valence-corrected chi connectivity index (χ3v) is 3.00. The molecule has 2 heterocycles. The molecule has 1 aromatic heterocycles. The molecule has 2 rings (SSSR count). The van der Waals surface area contributed by atoms with Gasteiger partial charge in [0.25, 0.3) is 0 Å². The summed E-state index contributed by atoms with van der Waals surface area (Å²) in [5.74, 6) is 0.166. The molecule has 18 heavy (non-hydrogen) atoms. The van der Waals surface area contributed by atoms with Crippen LogP contribution >= 0.6 is 0 Å². The summed E-state index contributed by atoms with van der Waals surface area (Å²) in [5.41, 5.74) is -0.811. The summed E-state index contributed by atoms with van der Waals surface area (Å²) in [4.78, 5) is 3.65. The lowest BCUT2D eigenvalue weighted by atomic mass is 10.1. The Morgan fingerprint density at radius 2 is 2.28 bits per heavy atom. The largest absolute Gasteiger partial charge is 0.477 e. The van der Waals surface area contributed by atoms with E-state index in [9.17, 15) is 13.2 Å². The average Bonchev–Trinajstić information content (AvgIpc) is 2.81. The molecule has 0 aromatic carbocycles. The average molecular weight is 260 g/mol. The predicted octanol–water partition coefficient (Wildman–Crippen LogP) is 2.48. The van der Waals surface area contributed by atoms with Gasteiger partial charge in [-0.2, -0.15) is 13.2 Å². The number of rotatable bonds is 4. The molecule has 1 aliphatic rings. The molecule has 1 saturated heterocycles. The molecule has 1 aromatic rings. The van der Waals surface area contributed by atoms with E-state index in [1.807, 2.05) is 0 Å². The molecule has 1 unspecified atom stereocenters. The van der Waals surface area contributed by atoms with E-state index in [1.54, 1.807) is 0 Å². The highest BCUT2D eigenvalue weighted by Gasteiger charge is 2.35. The number of nitrogens with zero attached hydrogens (tertiary/aromatic N) is 1. The van der Waals surface area contributed by atoms with Crippen LogP contribution in [0.5, 0.6) is 5.88 Å². The first kappa shape index (κ1) is 13.1. The van der Waals surface area contributed by atoms with Crippen molar-refractivity contribution < 1.29 is 17.9 Å². The zero-order chi connectivity index (χ0) is 13.0. The lowest BCUT2D eigenvalue weighted by Gasteiger charge is -2.13. The number of nitrogens with one attached hydrogen (secondary N) is 1. The Hall–Kier alpha value is -1.30. The van der Waals surface area contributed by atoms with Crippen LogP contribution in [-0.2, 0) is 6.18 Å². The standard InChI is InChI=1S/C12H15F3N2O/c13-12(14,15)10-2-1-5-17-11(10)18-7-4-9-3-6-16-8-9/h1-2,5,9,16H,3-4,6-8H2. The first-order valence-corrected chi connectivity index (χ1v) is 5.93. The monoisotopic (exact) mass is 260 g/mol. The van der Waals surface area contributed by atoms with E-state index in [2.05, 4.69) is 10.3 Å². The Labute approximate surface area is 103 Å². The molecule has 1 N–H and O–H groups in total. The van der Waals surface area contributed by atoms with Gasteiger partial charge >= 0.3 is 6.18 Å². The number of aromatic nitrogens is 1. The van der Waals surface area contributed by atoms with Crippen LogP contribution in [0.3, 0.4) is 0 Å². The number of hydrogen-bond acceptors (Lipinski definition) is 3. The van der Waals surface area contributed by atoms with Crippen LogP contribution in [0.25, 0.3) is 0 Å². The fraction of sp³-hybridized carbons (Fsp3) is 0.583. The Balaban J connectivity index is 1.92. The molecule has 1 atom stereocenters. The minimum absolute atomic E-state index is 0.270. The van der Waals surface area contributed by atoms with Crippen LogP contribution in [0, 0.1) is 5.92 Å². The fourth-order valence-corrected chi connectivity index (χ4v) is 2.00. The minimum Gasteiger partial charge on any atom is -0.477 e. The van der Waals surface area contributed by atoms with E-state index in [4.69, 9.17) is 4.74 Å². The summed E-state index contributed by atoms with van der Waals surface area (Å²) < 4.78 is 43.1. The Kier molecular flexibility index (Phi) is 4.06. The van der Waals surface area contributed by atoms with Gasteiger partial charge in [-0.1, -0.05) is 0 Å². The van der Waals surface area contributed by atoms with Gasteiger partial charge in [-0.05, 0) is 44.0 Å². The zero-order valence-electron chi connectivity index (χ0n) is 9.83. The molecular weight excluding hydrogens is 245 g/mol. The van der Waals surface area contributed by atoms with Gasteiger partial charge in [-0.3, -0.25) is 0 Å². The number of alkyl halides is 3. The van der Waals surface area contributed by atoms with E-state index in [0.29, 0.717) is 5.92 Å². The first-order valence-electron chi connectivity index (χ1n) is 5.93. The smallest absolute Gasteiger partial charge is 0.421 e. The third-order valence-electron chi connectivity index (χ3n) is 3.00. The van der Waals surface area contributed by atoms with Gasteiger partial charge < -0.3 is 10.1 Å². The molecule has 0 amide bonds. The van der Waals surface area contributed by atoms with Gasteiger partial charge in [0.2, 0.25) is 5.88 Å². The lowest BCUT2D eigenvalue weighted by Crippen LogP contribution is -2.14. The summed E-state index contributed by atoms with van der Waals surface area (Å²) in [7, 11) is 0. The maximum absolute atomic E-state index is 12.6. The third kappa shape index (κ3) is 3.35. The number of hydrogen-bond donors (Lipinski definition) is 1. The lowest BCUT2D eigenvalue weighted by molar-refractivity contribution is -0.139. The second-order valence-corrected chi connectivity index (χ2v) is 4.35. The van der Waals surface area contributed by atoms with Crippen LogP contribution in [0.4, 0.5) is 13.2 Å². The summed E-state index contributed by atoms with van der Waals surface area (Å²) in [5, 5.41) is 3.21. The van der Waals surface area contributed by atoms with Crippen LogP contribution in [-0.4, -0.2) is 24.7 Å². The van der Waals surface area contributed by atoms with E-state index in [-0.39, 0.29) is 12.5 Å². The molecule has 100 valence electrons. The predicted molar refractivity (Wildman–Crippen MR) is 60.3 cm³/mol. The molecule has 1 aliphatic heterocycles. The zero-order valence-corrected chi connectivity index (χ0v) is 9.83. The van der Waals surface area contributed by atoms with Gasteiger partial charge in [-0.25, -0.2) is 4.98 Å². The minimum atomic E-state index is -4.42. The molecular formula is C12H15F3N2O. The van der Waals surface area contributed by atoms with Crippen molar-refractivity contribution in [3.63, 3.8) is 0 Å². The van der Waals surface area contributed by atoms with Crippen LogP contribution in [0.1, 0.15) is 18.4 Å². The van der Waals surface area contributed by atoms with Crippen molar-refractivity contribution in [2.75, 3.05) is 19.7 Å². The van der Waals surface area contributed by atoms with Crippen molar-refractivity contribution in [3.05, 3.63) is 23.9 Å². The Morgan fingerprint density at radius 3 is 2.94 bits per heavy atom. The highest BCUT2D eigenvalue weighted by atomic mass is 19.4. The molecule has 0 spiro atoms. The van der Waals surface area contributed by atoms with Crippen molar-refractivity contribution >= 4 is 0 Å². The van der Waals surface area contributed by atoms with E-state index >= 15 is 0 Å². The maximum atomic E-state index is 12.6. The van der Waals surface area contributed by atoms with Crippen molar-refractivity contribution in [1.82, 2.24) is 10.3 Å². The fourth-order valence-electron chi connectivity index (χ4n) is 2.00. The Morgan fingerprint density at radius 1 is 1.44 bits per heavy atom. The SMILES string of the molecule is FC(F)(F)c1cccnc1OCCC1CCNC1. The summed E-state index contributed by atoms with van der Waals surface area (Å²) in [6, 6.07) is 2.25. The molecule has 0 bridgehead atoms. The van der Waals surface area contributed by atoms with E-state index < -0.39 is 11.7 Å². The second kappa shape index (κ2) is 5.56. The highest BCUT2D eigenvalue weighted by molar-refractivity contribution is 5.28. The summed E-state index contributed by atoms with van der Waals surface area (Å²) in [6.45, 7) is 2.16. The molecule has 0 aliphatic carbocycles. The highest BCUT2D eigenvalue weighted by Crippen LogP contribution is 2.34. The van der Waals surface area contributed by atoms with Crippen molar-refractivity contribution in [2.45, 2.75) is 19.0 Å². The summed E-state index contributed by atoms with van der Waals surface area (Å²) >= 11 is 0. The van der Waals surface area contributed by atoms with Gasteiger partial charge in [0.05, 0.1) is 6.61 Å². The second-order valence-electron chi connectivity index (χ2n) is 4.35. The maximum Gasteiger partial charge on any atom is 0.421 e. The molecule has 0 saturated carbocycles. The van der Waals surface area contributed by atoms with Gasteiger partial charge in [0.15, 0.2) is 0 Å². The van der Waals surface area contributed by atoms with E-state index in [1.165, 1.54) is 12.3 Å². The van der Waals surface area contributed by atoms with E-state index in [0.717, 1.165) is 32.0 Å². The molecule has 3 nitrogen and oxygen atoms in total. The number of ether oxygens (including phenoxy) is 1. The molecule has 6 heteroatoms. The van der Waals surface area contributed by atoms with Crippen LogP contribution in [0.15, 0.2) is 18.3 Å². The van der Waals surface area contributed by atoms with Crippen molar-refractivity contribution in [2.24, 2.45) is 5.92 Å². The van der Waals surface area contributed by atoms with Crippen molar-refractivity contribution in [3.8, 4) is 5.88 Å². The number of pyridine rings is 1. The van der Waals surface area contributed by atoms with Crippen LogP contribution < -0.4 is 10.1 Å². The quantitative estimate of drug-likeness (QED) is 0.903. The molecule has 0 radical (unpaired) electrons. The van der Waals surface area contributed by atoms with Gasteiger partial charge in [0.1, 0.15) is 5.56 Å². The van der Waals surface area contributed by atoms with Gasteiger partial charge in [0, 0.05) is 6.20 Å². The first-order chi connectivity index (χ1) is 8.57.